The summed E-state index contributed by atoms with van der Waals surface area (Å²) >= 11 is 1.08. The van der Waals surface area contributed by atoms with Gasteiger partial charge in [-0.05, 0) is 61.7 Å². The van der Waals surface area contributed by atoms with E-state index in [2.05, 4.69) is 5.48 Å². The molecule has 4 rings (SSSR count). The highest BCUT2D eigenvalue weighted by molar-refractivity contribution is 7.91. The third-order valence-electron chi connectivity index (χ3n) is 6.09. The van der Waals surface area contributed by atoms with Crippen molar-refractivity contribution >= 4 is 37.3 Å². The monoisotopic (exact) mass is 573 g/mol. The SMILES string of the molecule is CCOc1ccc(-c2ccc(S(=O)(=O)N3CCN(S(C)(=O)=O)C[C@@H]3C(=O)NOC3CCCCO3)s2)cc1. The number of benzene rings is 1. The molecule has 0 saturated carbocycles. The molecule has 37 heavy (non-hydrogen) atoms. The summed E-state index contributed by atoms with van der Waals surface area (Å²) in [5.41, 5.74) is 3.12. The minimum atomic E-state index is -4.11. The summed E-state index contributed by atoms with van der Waals surface area (Å²) in [6.45, 7) is 2.37. The highest BCUT2D eigenvalue weighted by Gasteiger charge is 2.43. The molecule has 1 amide bonds. The molecule has 14 heteroatoms. The number of hydrogen-bond acceptors (Lipinski definition) is 9. The molecule has 1 aromatic heterocycles. The van der Waals surface area contributed by atoms with E-state index < -0.39 is 38.3 Å². The van der Waals surface area contributed by atoms with Crippen molar-refractivity contribution in [1.82, 2.24) is 14.1 Å². The summed E-state index contributed by atoms with van der Waals surface area (Å²) in [4.78, 5) is 19.2. The van der Waals surface area contributed by atoms with Crippen molar-refractivity contribution in [2.45, 2.75) is 42.7 Å². The largest absolute Gasteiger partial charge is 0.494 e. The molecule has 2 aliphatic rings. The maximum Gasteiger partial charge on any atom is 0.263 e. The zero-order chi connectivity index (χ0) is 26.6. The van der Waals surface area contributed by atoms with Gasteiger partial charge in [0.15, 0.2) is 6.29 Å². The third-order valence-corrected chi connectivity index (χ3v) is 10.9. The van der Waals surface area contributed by atoms with Gasteiger partial charge in [0.2, 0.25) is 10.0 Å². The Labute approximate surface area is 221 Å². The van der Waals surface area contributed by atoms with E-state index in [1.165, 1.54) is 6.07 Å². The van der Waals surface area contributed by atoms with E-state index >= 15 is 0 Å². The Balaban J connectivity index is 1.55. The van der Waals surface area contributed by atoms with Crippen molar-refractivity contribution in [3.05, 3.63) is 36.4 Å². The summed E-state index contributed by atoms with van der Waals surface area (Å²) in [6, 6.07) is 9.21. The fourth-order valence-electron chi connectivity index (χ4n) is 4.15. The Kier molecular flexibility index (Phi) is 8.89. The smallest absolute Gasteiger partial charge is 0.263 e. The van der Waals surface area contributed by atoms with Crippen LogP contribution in [0.4, 0.5) is 0 Å². The lowest BCUT2D eigenvalue weighted by Crippen LogP contribution is -2.61. The second-order valence-electron chi connectivity index (χ2n) is 8.71. The minimum Gasteiger partial charge on any atom is -0.494 e. The van der Waals surface area contributed by atoms with E-state index in [1.54, 1.807) is 6.07 Å². The summed E-state index contributed by atoms with van der Waals surface area (Å²) in [5, 5.41) is 0. The van der Waals surface area contributed by atoms with E-state index in [1.807, 2.05) is 31.2 Å². The van der Waals surface area contributed by atoms with E-state index in [0.29, 0.717) is 25.4 Å². The van der Waals surface area contributed by atoms with Crippen LogP contribution in [0.3, 0.4) is 0 Å². The van der Waals surface area contributed by atoms with Crippen LogP contribution in [0.25, 0.3) is 10.4 Å². The van der Waals surface area contributed by atoms with Gasteiger partial charge < -0.3 is 9.47 Å². The first-order valence-corrected chi connectivity index (χ1v) is 16.1. The minimum absolute atomic E-state index is 0.0542. The lowest BCUT2D eigenvalue weighted by atomic mass is 10.2. The molecule has 0 spiro atoms. The van der Waals surface area contributed by atoms with Crippen LogP contribution in [-0.2, 0) is 34.4 Å². The van der Waals surface area contributed by atoms with Crippen molar-refractivity contribution in [2.75, 3.05) is 39.1 Å². The molecule has 204 valence electrons. The first kappa shape index (κ1) is 28.0. The molecule has 2 aliphatic heterocycles. The van der Waals surface area contributed by atoms with Crippen LogP contribution in [0.15, 0.2) is 40.6 Å². The first-order valence-electron chi connectivity index (χ1n) is 12.0. The van der Waals surface area contributed by atoms with Crippen LogP contribution in [0.2, 0.25) is 0 Å². The molecule has 2 saturated heterocycles. The van der Waals surface area contributed by atoms with Crippen molar-refractivity contribution in [3.63, 3.8) is 0 Å². The molecule has 1 unspecified atom stereocenters. The average molecular weight is 574 g/mol. The normalized spacial score (nSPS) is 22.0. The van der Waals surface area contributed by atoms with Gasteiger partial charge in [-0.25, -0.2) is 27.2 Å². The van der Waals surface area contributed by atoms with Gasteiger partial charge in [-0.2, -0.15) is 8.61 Å². The number of nitrogens with one attached hydrogen (secondary N) is 1. The van der Waals surface area contributed by atoms with E-state index in [-0.39, 0.29) is 23.8 Å². The highest BCUT2D eigenvalue weighted by Crippen LogP contribution is 2.34. The summed E-state index contributed by atoms with van der Waals surface area (Å²) in [7, 11) is -7.76. The van der Waals surface area contributed by atoms with E-state index in [9.17, 15) is 21.6 Å². The van der Waals surface area contributed by atoms with Crippen LogP contribution in [0, 0.1) is 0 Å². The number of hydrogen-bond donors (Lipinski definition) is 1. The number of carbonyl (C=O) groups is 1. The molecule has 11 nitrogen and oxygen atoms in total. The number of hydroxylamine groups is 1. The summed E-state index contributed by atoms with van der Waals surface area (Å²) in [5.74, 6) is -0.0384. The standard InChI is InChI=1S/C23H31N3O8S3/c1-3-32-18-9-7-17(8-10-18)20-11-12-22(35-20)37(30,31)26-14-13-25(36(2,28)29)16-19(26)23(27)24-34-21-6-4-5-15-33-21/h7-12,19,21H,3-6,13-16H2,1-2H3,(H,24,27)/t19-,21?/m1/s1. The first-order chi connectivity index (χ1) is 17.6. The quantitative estimate of drug-likeness (QED) is 0.451. The Morgan fingerprint density at radius 3 is 2.51 bits per heavy atom. The molecule has 0 bridgehead atoms. The second-order valence-corrected chi connectivity index (χ2v) is 13.9. The number of rotatable bonds is 9. The van der Waals surface area contributed by atoms with Gasteiger partial charge >= 0.3 is 0 Å². The Morgan fingerprint density at radius 1 is 1.11 bits per heavy atom. The molecular formula is C23H31N3O8S3. The predicted molar refractivity (Wildman–Crippen MR) is 138 cm³/mol. The van der Waals surface area contributed by atoms with Crippen molar-refractivity contribution in [2.24, 2.45) is 0 Å². The van der Waals surface area contributed by atoms with Crippen LogP contribution in [-0.4, -0.2) is 82.8 Å². The molecular weight excluding hydrogens is 542 g/mol. The number of thiophene rings is 1. The number of amides is 1. The molecule has 3 heterocycles. The number of ether oxygens (including phenoxy) is 2. The van der Waals surface area contributed by atoms with Crippen molar-refractivity contribution in [1.29, 1.82) is 0 Å². The topological polar surface area (TPSA) is 132 Å². The zero-order valence-electron chi connectivity index (χ0n) is 20.7. The van der Waals surface area contributed by atoms with Gasteiger partial charge in [0.25, 0.3) is 15.9 Å². The second kappa shape index (κ2) is 11.8. The van der Waals surface area contributed by atoms with Crippen LogP contribution in [0.5, 0.6) is 5.75 Å². The Morgan fingerprint density at radius 2 is 1.86 bits per heavy atom. The Bertz CT molecular complexity index is 1290. The predicted octanol–water partition coefficient (Wildman–Crippen LogP) is 2.02. The lowest BCUT2D eigenvalue weighted by molar-refractivity contribution is -0.202. The van der Waals surface area contributed by atoms with Crippen molar-refractivity contribution in [3.8, 4) is 16.2 Å². The highest BCUT2D eigenvalue weighted by atomic mass is 32.2. The molecule has 1 aromatic carbocycles. The zero-order valence-corrected chi connectivity index (χ0v) is 23.1. The van der Waals surface area contributed by atoms with Gasteiger partial charge in [-0.3, -0.25) is 4.79 Å². The number of sulfonamides is 2. The van der Waals surface area contributed by atoms with Crippen LogP contribution < -0.4 is 10.2 Å². The molecule has 0 aliphatic carbocycles. The molecule has 1 N–H and O–H groups in total. The van der Waals surface area contributed by atoms with Crippen molar-refractivity contribution < 1.29 is 35.9 Å². The maximum absolute atomic E-state index is 13.7. The molecule has 2 atom stereocenters. The molecule has 2 fully saturated rings. The summed E-state index contributed by atoms with van der Waals surface area (Å²) in [6.07, 6.45) is 2.76. The van der Waals surface area contributed by atoms with Crippen LogP contribution >= 0.6 is 11.3 Å². The maximum atomic E-state index is 13.7. The fourth-order valence-corrected chi connectivity index (χ4v) is 7.99. The Hall–Kier alpha value is -2.07. The number of carbonyl (C=O) groups excluding carboxylic acids is 1. The third kappa shape index (κ3) is 6.69. The van der Waals surface area contributed by atoms with E-state index in [4.69, 9.17) is 14.3 Å². The van der Waals surface area contributed by atoms with Crippen LogP contribution in [0.1, 0.15) is 26.2 Å². The fraction of sp³-hybridized carbons (Fsp3) is 0.522. The summed E-state index contributed by atoms with van der Waals surface area (Å²) < 4.78 is 64.8. The van der Waals surface area contributed by atoms with Gasteiger partial charge in [0.1, 0.15) is 16.0 Å². The molecule has 0 radical (unpaired) electrons. The average Bonchev–Trinajstić information content (AvgIpc) is 3.39. The number of nitrogens with zero attached hydrogens (tertiary/aromatic N) is 2. The van der Waals surface area contributed by atoms with Gasteiger partial charge in [0.05, 0.1) is 12.9 Å². The van der Waals surface area contributed by atoms with Gasteiger partial charge in [0, 0.05) is 37.5 Å². The van der Waals surface area contributed by atoms with Gasteiger partial charge in [-0.1, -0.05) is 0 Å². The van der Waals surface area contributed by atoms with E-state index in [0.717, 1.165) is 49.5 Å². The lowest BCUT2D eigenvalue weighted by Gasteiger charge is -2.38. The number of piperazine rings is 1. The molecule has 2 aromatic rings. The van der Waals surface area contributed by atoms with Gasteiger partial charge in [-0.15, -0.1) is 11.3 Å².